The van der Waals surface area contributed by atoms with Crippen molar-refractivity contribution >= 4 is 22.7 Å². The van der Waals surface area contributed by atoms with E-state index in [1.54, 1.807) is 17.3 Å². The number of rotatable bonds is 2. The smallest absolute Gasteiger partial charge is 0.274 e. The van der Waals surface area contributed by atoms with Gasteiger partial charge in [-0.2, -0.15) is 0 Å². The van der Waals surface area contributed by atoms with Gasteiger partial charge in [0.25, 0.3) is 5.91 Å². The highest BCUT2D eigenvalue weighted by Crippen LogP contribution is 2.26. The Hall–Kier alpha value is -2.54. The van der Waals surface area contributed by atoms with Gasteiger partial charge in [0.05, 0.1) is 18.0 Å². The summed E-state index contributed by atoms with van der Waals surface area (Å²) in [6, 6.07) is 3.73. The Morgan fingerprint density at radius 2 is 2.21 bits per heavy atom. The van der Waals surface area contributed by atoms with Gasteiger partial charge < -0.3 is 10.0 Å². The lowest BCUT2D eigenvalue weighted by molar-refractivity contribution is 0.0758. The molecule has 3 aromatic heterocycles. The number of imidazole rings is 1. The standard InChI is InChI=1S/C17H19N5O2/c1-10(2)15-14(17(24)21-7-5-11(23)9-21)20-13-8-19-12-4-3-6-18-16(12)22(13)15/h3-4,6,8,10-11,23H,5,7,9H2,1-2H3. The number of hydrogen-bond donors (Lipinski definition) is 1. The first-order valence-electron chi connectivity index (χ1n) is 8.15. The molecule has 7 nitrogen and oxygen atoms in total. The van der Waals surface area contributed by atoms with Crippen LogP contribution in [-0.2, 0) is 0 Å². The second-order valence-electron chi connectivity index (χ2n) is 6.49. The lowest BCUT2D eigenvalue weighted by Gasteiger charge is -2.16. The van der Waals surface area contributed by atoms with Crippen LogP contribution in [0.3, 0.4) is 0 Å². The van der Waals surface area contributed by atoms with Crippen molar-refractivity contribution in [3.8, 4) is 0 Å². The number of aliphatic hydroxyl groups is 1. The molecule has 0 aliphatic carbocycles. The van der Waals surface area contributed by atoms with E-state index in [1.165, 1.54) is 0 Å². The summed E-state index contributed by atoms with van der Waals surface area (Å²) in [5, 5.41) is 9.72. The number of pyridine rings is 1. The molecule has 4 heterocycles. The van der Waals surface area contributed by atoms with Crippen LogP contribution in [-0.4, -0.2) is 54.5 Å². The van der Waals surface area contributed by atoms with E-state index in [4.69, 9.17) is 0 Å². The van der Waals surface area contributed by atoms with Gasteiger partial charge in [0, 0.05) is 19.3 Å². The Kier molecular flexibility index (Phi) is 3.45. The summed E-state index contributed by atoms with van der Waals surface area (Å²) in [4.78, 5) is 27.9. The van der Waals surface area contributed by atoms with Crippen molar-refractivity contribution in [3.05, 3.63) is 35.9 Å². The molecule has 1 unspecified atom stereocenters. The SMILES string of the molecule is CC(C)c1c(C(=O)N2CCC(O)C2)nc2cnc3cccnc3n12. The highest BCUT2D eigenvalue weighted by Gasteiger charge is 2.30. The molecule has 1 aliphatic heterocycles. The Balaban J connectivity index is 1.94. The van der Waals surface area contributed by atoms with E-state index in [0.29, 0.717) is 36.5 Å². The van der Waals surface area contributed by atoms with Gasteiger partial charge in [-0.15, -0.1) is 0 Å². The van der Waals surface area contributed by atoms with Crippen molar-refractivity contribution in [2.24, 2.45) is 0 Å². The zero-order valence-electron chi connectivity index (χ0n) is 13.7. The Labute approximate surface area is 139 Å². The van der Waals surface area contributed by atoms with Crippen molar-refractivity contribution in [2.45, 2.75) is 32.3 Å². The predicted octanol–water partition coefficient (Wildman–Crippen LogP) is 1.61. The summed E-state index contributed by atoms with van der Waals surface area (Å²) in [6.07, 6.45) is 3.55. The summed E-state index contributed by atoms with van der Waals surface area (Å²) in [6.45, 7) is 4.99. The summed E-state index contributed by atoms with van der Waals surface area (Å²) >= 11 is 0. The van der Waals surface area contributed by atoms with Crippen LogP contribution in [0.1, 0.15) is 42.4 Å². The molecular weight excluding hydrogens is 306 g/mol. The predicted molar refractivity (Wildman–Crippen MR) is 88.9 cm³/mol. The van der Waals surface area contributed by atoms with E-state index in [2.05, 4.69) is 15.0 Å². The van der Waals surface area contributed by atoms with Crippen LogP contribution in [0.2, 0.25) is 0 Å². The van der Waals surface area contributed by atoms with Crippen LogP contribution in [0, 0.1) is 0 Å². The van der Waals surface area contributed by atoms with E-state index in [1.807, 2.05) is 30.4 Å². The van der Waals surface area contributed by atoms with Gasteiger partial charge in [-0.1, -0.05) is 13.8 Å². The highest BCUT2D eigenvalue weighted by atomic mass is 16.3. The third kappa shape index (κ3) is 2.24. The lowest BCUT2D eigenvalue weighted by Crippen LogP contribution is -2.30. The quantitative estimate of drug-likeness (QED) is 0.774. The number of β-amino-alcohol motifs (C(OH)–C–C–N with tert-alkyl or cyclic N) is 1. The minimum atomic E-state index is -0.447. The molecule has 1 atom stereocenters. The highest BCUT2D eigenvalue weighted by molar-refractivity contribution is 5.95. The van der Waals surface area contributed by atoms with Gasteiger partial charge in [-0.3, -0.25) is 9.20 Å². The van der Waals surface area contributed by atoms with Crippen LogP contribution in [0.4, 0.5) is 0 Å². The van der Waals surface area contributed by atoms with Crippen LogP contribution in [0.5, 0.6) is 0 Å². The zero-order valence-corrected chi connectivity index (χ0v) is 13.7. The van der Waals surface area contributed by atoms with Crippen LogP contribution >= 0.6 is 0 Å². The molecule has 1 aliphatic rings. The molecule has 0 saturated carbocycles. The van der Waals surface area contributed by atoms with Crippen molar-refractivity contribution in [1.82, 2.24) is 24.3 Å². The number of nitrogens with zero attached hydrogens (tertiary/aromatic N) is 5. The average molecular weight is 325 g/mol. The van der Waals surface area contributed by atoms with E-state index >= 15 is 0 Å². The maximum atomic E-state index is 12.9. The number of carbonyl (C=O) groups excluding carboxylic acids is 1. The molecular formula is C17H19N5O2. The molecule has 1 fully saturated rings. The molecule has 124 valence electrons. The summed E-state index contributed by atoms with van der Waals surface area (Å²) in [7, 11) is 0. The van der Waals surface area contributed by atoms with Crippen molar-refractivity contribution in [1.29, 1.82) is 0 Å². The second kappa shape index (κ2) is 5.52. The molecule has 1 amide bonds. The van der Waals surface area contributed by atoms with Gasteiger partial charge in [0.2, 0.25) is 0 Å². The largest absolute Gasteiger partial charge is 0.391 e. The van der Waals surface area contributed by atoms with Crippen molar-refractivity contribution in [2.75, 3.05) is 13.1 Å². The number of aromatic nitrogens is 4. The molecule has 1 N–H and O–H groups in total. The van der Waals surface area contributed by atoms with E-state index in [-0.39, 0.29) is 11.8 Å². The van der Waals surface area contributed by atoms with Gasteiger partial charge in [-0.05, 0) is 24.5 Å². The van der Waals surface area contributed by atoms with E-state index in [0.717, 1.165) is 11.2 Å². The minimum Gasteiger partial charge on any atom is -0.391 e. The number of carbonyl (C=O) groups is 1. The number of fused-ring (bicyclic) bond motifs is 3. The van der Waals surface area contributed by atoms with E-state index in [9.17, 15) is 9.90 Å². The number of likely N-dealkylation sites (tertiary alicyclic amines) is 1. The fourth-order valence-electron chi connectivity index (χ4n) is 3.31. The third-order valence-corrected chi connectivity index (χ3v) is 4.44. The van der Waals surface area contributed by atoms with Gasteiger partial charge in [-0.25, -0.2) is 15.0 Å². The van der Waals surface area contributed by atoms with Crippen molar-refractivity contribution in [3.63, 3.8) is 0 Å². The summed E-state index contributed by atoms with van der Waals surface area (Å²) < 4.78 is 1.92. The molecule has 4 rings (SSSR count). The first-order valence-corrected chi connectivity index (χ1v) is 8.15. The molecule has 7 heteroatoms. The first kappa shape index (κ1) is 15.0. The van der Waals surface area contributed by atoms with Crippen molar-refractivity contribution < 1.29 is 9.90 Å². The van der Waals surface area contributed by atoms with Crippen LogP contribution in [0.15, 0.2) is 24.5 Å². The number of hydrogen-bond acceptors (Lipinski definition) is 5. The maximum absolute atomic E-state index is 12.9. The molecule has 3 aromatic rings. The average Bonchev–Trinajstić information content (AvgIpc) is 3.17. The zero-order chi connectivity index (χ0) is 16.8. The lowest BCUT2D eigenvalue weighted by atomic mass is 10.1. The fraction of sp³-hybridized carbons (Fsp3) is 0.412. The maximum Gasteiger partial charge on any atom is 0.274 e. The van der Waals surface area contributed by atoms with E-state index < -0.39 is 6.10 Å². The topological polar surface area (TPSA) is 83.6 Å². The van der Waals surface area contributed by atoms with Gasteiger partial charge in [0.15, 0.2) is 17.0 Å². The summed E-state index contributed by atoms with van der Waals surface area (Å²) in [5.41, 5.74) is 3.35. The minimum absolute atomic E-state index is 0.0964. The van der Waals surface area contributed by atoms with Gasteiger partial charge >= 0.3 is 0 Å². The molecule has 24 heavy (non-hydrogen) atoms. The third-order valence-electron chi connectivity index (χ3n) is 4.44. The second-order valence-corrected chi connectivity index (χ2v) is 6.49. The molecule has 1 saturated heterocycles. The monoisotopic (exact) mass is 325 g/mol. The molecule has 0 radical (unpaired) electrons. The first-order chi connectivity index (χ1) is 11.6. The Bertz CT molecular complexity index is 933. The normalized spacial score (nSPS) is 18.2. The number of amides is 1. The summed E-state index contributed by atoms with van der Waals surface area (Å²) in [5.74, 6) is -0.0397. The Morgan fingerprint density at radius 1 is 1.38 bits per heavy atom. The van der Waals surface area contributed by atoms with Gasteiger partial charge in [0.1, 0.15) is 5.52 Å². The fourth-order valence-corrected chi connectivity index (χ4v) is 3.31. The van der Waals surface area contributed by atoms with Crippen LogP contribution in [0.25, 0.3) is 16.8 Å². The molecule has 0 bridgehead atoms. The molecule has 0 spiro atoms. The Morgan fingerprint density at radius 3 is 2.92 bits per heavy atom. The van der Waals surface area contributed by atoms with Crippen LogP contribution < -0.4 is 0 Å². The molecule has 0 aromatic carbocycles. The number of aliphatic hydroxyl groups excluding tert-OH is 1.